The molecule has 0 aliphatic heterocycles. The average molecular weight is 229 g/mol. The summed E-state index contributed by atoms with van der Waals surface area (Å²) in [5.74, 6) is 5.16. The molecule has 0 bridgehead atoms. The molecule has 0 saturated heterocycles. The van der Waals surface area contributed by atoms with Crippen molar-refractivity contribution in [2.45, 2.75) is 24.3 Å². The summed E-state index contributed by atoms with van der Waals surface area (Å²) in [7, 11) is -3.26. The first-order valence-corrected chi connectivity index (χ1v) is 6.35. The largest absolute Gasteiger partial charge is 0.294 e. The van der Waals surface area contributed by atoms with E-state index in [1.54, 1.807) is 38.1 Å². The van der Waals surface area contributed by atoms with Gasteiger partial charge in [-0.05, 0) is 19.9 Å². The fourth-order valence-corrected chi connectivity index (χ4v) is 2.39. The maximum Gasteiger partial charge on any atom is 0.175 e. The molecule has 0 saturated carbocycles. The molecular formula is C10H15NO3S. The molecule has 0 fully saturated rings. The first-order chi connectivity index (χ1) is 6.79. The lowest BCUT2D eigenvalue weighted by molar-refractivity contribution is -0.0256. The first-order valence-electron chi connectivity index (χ1n) is 4.46. The molecule has 0 amide bonds. The van der Waals surface area contributed by atoms with Crippen LogP contribution in [0.1, 0.15) is 19.4 Å². The van der Waals surface area contributed by atoms with E-state index in [1.165, 1.54) is 6.26 Å². The van der Waals surface area contributed by atoms with Gasteiger partial charge in [0.15, 0.2) is 9.84 Å². The van der Waals surface area contributed by atoms with Crippen molar-refractivity contribution in [3.05, 3.63) is 29.8 Å². The molecule has 0 aliphatic carbocycles. The lowest BCUT2D eigenvalue weighted by atomic mass is 9.98. The minimum atomic E-state index is -3.26. The summed E-state index contributed by atoms with van der Waals surface area (Å²) in [5, 5.41) is 0. The minimum absolute atomic E-state index is 0.250. The van der Waals surface area contributed by atoms with E-state index >= 15 is 0 Å². The lowest BCUT2D eigenvalue weighted by Crippen LogP contribution is -2.27. The van der Waals surface area contributed by atoms with Crippen molar-refractivity contribution in [1.29, 1.82) is 0 Å². The minimum Gasteiger partial charge on any atom is -0.294 e. The maximum absolute atomic E-state index is 11.5. The molecule has 1 aromatic carbocycles. The highest BCUT2D eigenvalue weighted by atomic mass is 32.2. The summed E-state index contributed by atoms with van der Waals surface area (Å²) in [6.07, 6.45) is 1.17. The summed E-state index contributed by atoms with van der Waals surface area (Å²) in [5.41, 5.74) is -0.255. The van der Waals surface area contributed by atoms with Gasteiger partial charge in [-0.1, -0.05) is 18.2 Å². The number of benzene rings is 1. The summed E-state index contributed by atoms with van der Waals surface area (Å²) >= 11 is 0. The predicted molar refractivity (Wildman–Crippen MR) is 57.9 cm³/mol. The van der Waals surface area contributed by atoms with Gasteiger partial charge in [0.05, 0.1) is 4.90 Å². The summed E-state index contributed by atoms with van der Waals surface area (Å²) in [6.45, 7) is 3.44. The number of sulfone groups is 1. The van der Waals surface area contributed by atoms with Gasteiger partial charge in [0.2, 0.25) is 0 Å². The molecule has 0 radical (unpaired) electrons. The van der Waals surface area contributed by atoms with Gasteiger partial charge in [0.25, 0.3) is 0 Å². The highest BCUT2D eigenvalue weighted by Gasteiger charge is 2.27. The maximum atomic E-state index is 11.5. The number of rotatable bonds is 3. The van der Waals surface area contributed by atoms with Gasteiger partial charge in [-0.3, -0.25) is 4.84 Å². The number of nitrogens with two attached hydrogens (primary N) is 1. The monoisotopic (exact) mass is 229 g/mol. The Morgan fingerprint density at radius 2 is 1.80 bits per heavy atom. The quantitative estimate of drug-likeness (QED) is 0.791. The van der Waals surface area contributed by atoms with Crippen LogP contribution < -0.4 is 5.90 Å². The van der Waals surface area contributed by atoms with E-state index in [2.05, 4.69) is 0 Å². The van der Waals surface area contributed by atoms with E-state index in [-0.39, 0.29) is 4.90 Å². The van der Waals surface area contributed by atoms with E-state index in [0.717, 1.165) is 0 Å². The zero-order valence-corrected chi connectivity index (χ0v) is 9.84. The van der Waals surface area contributed by atoms with Crippen LogP contribution in [0.3, 0.4) is 0 Å². The highest BCUT2D eigenvalue weighted by molar-refractivity contribution is 7.90. The molecule has 0 aromatic heterocycles. The lowest BCUT2D eigenvalue weighted by Gasteiger charge is -2.24. The van der Waals surface area contributed by atoms with Crippen LogP contribution in [-0.4, -0.2) is 14.7 Å². The zero-order chi connectivity index (χ0) is 11.7. The Labute approximate surface area is 89.9 Å². The molecule has 84 valence electrons. The molecule has 0 aliphatic rings. The van der Waals surface area contributed by atoms with E-state index < -0.39 is 15.4 Å². The number of hydrogen-bond donors (Lipinski definition) is 1. The Bertz CT molecular complexity index is 451. The Morgan fingerprint density at radius 3 is 2.27 bits per heavy atom. The average Bonchev–Trinajstić information content (AvgIpc) is 2.16. The normalized spacial score (nSPS) is 12.8. The molecule has 0 spiro atoms. The van der Waals surface area contributed by atoms with Gasteiger partial charge in [-0.15, -0.1) is 0 Å². The highest BCUT2D eigenvalue weighted by Crippen LogP contribution is 2.28. The molecule has 0 unspecified atom stereocenters. The van der Waals surface area contributed by atoms with Gasteiger partial charge >= 0.3 is 0 Å². The number of hydrogen-bond acceptors (Lipinski definition) is 4. The molecule has 1 rings (SSSR count). The third-order valence-corrected chi connectivity index (χ3v) is 3.38. The van der Waals surface area contributed by atoms with Gasteiger partial charge in [0.1, 0.15) is 5.60 Å². The molecule has 5 heteroatoms. The molecule has 2 N–H and O–H groups in total. The molecule has 1 aromatic rings. The Hall–Kier alpha value is -0.910. The van der Waals surface area contributed by atoms with Crippen LogP contribution in [-0.2, 0) is 20.3 Å². The van der Waals surface area contributed by atoms with Gasteiger partial charge in [0, 0.05) is 11.8 Å². The van der Waals surface area contributed by atoms with Crippen LogP contribution in [0.15, 0.2) is 29.2 Å². The van der Waals surface area contributed by atoms with Crippen LogP contribution in [0, 0.1) is 0 Å². The van der Waals surface area contributed by atoms with Crippen molar-refractivity contribution in [3.8, 4) is 0 Å². The van der Waals surface area contributed by atoms with Gasteiger partial charge < -0.3 is 0 Å². The van der Waals surface area contributed by atoms with Crippen LogP contribution in [0.25, 0.3) is 0 Å². The zero-order valence-electron chi connectivity index (χ0n) is 9.02. The fraction of sp³-hybridized carbons (Fsp3) is 0.400. The van der Waals surface area contributed by atoms with Crippen molar-refractivity contribution < 1.29 is 13.3 Å². The van der Waals surface area contributed by atoms with Gasteiger partial charge in [-0.2, -0.15) is 0 Å². The van der Waals surface area contributed by atoms with Crippen LogP contribution in [0.4, 0.5) is 0 Å². The standard InChI is InChI=1S/C10H15NO3S/c1-10(2,14-11)8-6-4-5-7-9(8)15(3,12)13/h4-7H,11H2,1-3H3. The van der Waals surface area contributed by atoms with Crippen LogP contribution in [0.5, 0.6) is 0 Å². The van der Waals surface area contributed by atoms with E-state index in [1.807, 2.05) is 0 Å². The van der Waals surface area contributed by atoms with Crippen LogP contribution in [0.2, 0.25) is 0 Å². The third-order valence-electron chi connectivity index (χ3n) is 2.23. The predicted octanol–water partition coefficient (Wildman–Crippen LogP) is 1.22. The van der Waals surface area contributed by atoms with Crippen LogP contribution >= 0.6 is 0 Å². The molecule has 4 nitrogen and oxygen atoms in total. The molecular weight excluding hydrogens is 214 g/mol. The van der Waals surface area contributed by atoms with Crippen molar-refractivity contribution in [1.82, 2.24) is 0 Å². The smallest absolute Gasteiger partial charge is 0.175 e. The summed E-state index contributed by atoms with van der Waals surface area (Å²) in [6, 6.07) is 6.67. The second-order valence-corrected chi connectivity index (χ2v) is 5.88. The summed E-state index contributed by atoms with van der Waals surface area (Å²) in [4.78, 5) is 5.05. The molecule has 15 heavy (non-hydrogen) atoms. The Balaban J connectivity index is 3.44. The van der Waals surface area contributed by atoms with E-state index in [4.69, 9.17) is 10.7 Å². The molecule has 0 heterocycles. The third kappa shape index (κ3) is 2.56. The van der Waals surface area contributed by atoms with E-state index in [0.29, 0.717) is 5.56 Å². The first kappa shape index (κ1) is 12.2. The van der Waals surface area contributed by atoms with Crippen molar-refractivity contribution in [3.63, 3.8) is 0 Å². The van der Waals surface area contributed by atoms with Gasteiger partial charge in [-0.25, -0.2) is 14.3 Å². The Kier molecular flexibility index (Phi) is 3.18. The summed E-state index contributed by atoms with van der Waals surface area (Å²) < 4.78 is 23.0. The van der Waals surface area contributed by atoms with Crippen molar-refractivity contribution in [2.24, 2.45) is 5.90 Å². The topological polar surface area (TPSA) is 69.4 Å². The van der Waals surface area contributed by atoms with E-state index in [9.17, 15) is 8.42 Å². The SMILES string of the molecule is CC(C)(ON)c1ccccc1S(C)(=O)=O. The molecule has 0 atom stereocenters. The van der Waals surface area contributed by atoms with Crippen molar-refractivity contribution >= 4 is 9.84 Å². The fourth-order valence-electron chi connectivity index (χ4n) is 1.35. The second-order valence-electron chi connectivity index (χ2n) is 3.90. The Morgan fingerprint density at radius 1 is 1.27 bits per heavy atom. The van der Waals surface area contributed by atoms with Crippen molar-refractivity contribution in [2.75, 3.05) is 6.26 Å². The second kappa shape index (κ2) is 3.92.